The maximum absolute atomic E-state index is 14.0. The van der Waals surface area contributed by atoms with Gasteiger partial charge in [0.1, 0.15) is 17.1 Å². The van der Waals surface area contributed by atoms with Crippen LogP contribution in [0.3, 0.4) is 0 Å². The quantitative estimate of drug-likeness (QED) is 0.0732. The second-order valence-corrected chi connectivity index (χ2v) is 14.6. The summed E-state index contributed by atoms with van der Waals surface area (Å²) in [5.74, 6) is -1.37. The van der Waals surface area contributed by atoms with Gasteiger partial charge in [0.2, 0.25) is 17.7 Å². The van der Waals surface area contributed by atoms with Gasteiger partial charge in [-0.1, -0.05) is 63.6 Å². The molecule has 0 unspecified atom stereocenters. The minimum atomic E-state index is -0.925. The molecule has 2 aromatic heterocycles. The topological polar surface area (TPSA) is 185 Å². The third kappa shape index (κ3) is 10.5. The summed E-state index contributed by atoms with van der Waals surface area (Å²) in [6.45, 7) is 3.18. The second kappa shape index (κ2) is 19.2. The zero-order valence-electron chi connectivity index (χ0n) is 28.4. The number of unbranched alkanes of at least 4 members (excludes halogenated alkanes) is 1. The standard InChI is InChI=1S/C36H46BrClN8O3S/c1-22-17-25(37)19-27(38)32(22)50-35-23(9-8-16-42-35)20-44-29(13-7-15-40)34(48)45-30(12-5-6-14-39)36(49)46(2)31(33(41)47)18-24-21-43-28-11-4-3-10-26(24)28/h3-4,8-11,16-17,19,21,29-31,43-44H,5-7,12-15,18,20,39-40H2,1-2H3,(H2,41,47)(H,45,48)/t29-,30-,31-/m0/s1. The van der Waals surface area contributed by atoms with E-state index in [1.807, 2.05) is 61.7 Å². The van der Waals surface area contributed by atoms with Crippen molar-refractivity contribution in [1.29, 1.82) is 0 Å². The first-order valence-electron chi connectivity index (χ1n) is 16.7. The number of aromatic nitrogens is 2. The molecule has 0 aliphatic carbocycles. The number of primary amides is 1. The summed E-state index contributed by atoms with van der Waals surface area (Å²) < 4.78 is 0.895. The molecule has 0 saturated heterocycles. The van der Waals surface area contributed by atoms with Crippen molar-refractivity contribution in [3.05, 3.63) is 87.1 Å². The maximum Gasteiger partial charge on any atom is 0.245 e. The first kappa shape index (κ1) is 39.3. The van der Waals surface area contributed by atoms with Crippen molar-refractivity contribution < 1.29 is 14.4 Å². The predicted octanol–water partition coefficient (Wildman–Crippen LogP) is 4.80. The summed E-state index contributed by atoms with van der Waals surface area (Å²) >= 11 is 11.5. The highest BCUT2D eigenvalue weighted by molar-refractivity contribution is 9.10. The van der Waals surface area contributed by atoms with Gasteiger partial charge < -0.3 is 37.7 Å². The lowest BCUT2D eigenvalue weighted by atomic mass is 10.0. The Morgan fingerprint density at radius 1 is 1.02 bits per heavy atom. The van der Waals surface area contributed by atoms with Crippen molar-refractivity contribution in [3.63, 3.8) is 0 Å². The number of nitrogens with zero attached hydrogens (tertiary/aromatic N) is 2. The molecular weight excluding hydrogens is 740 g/mol. The van der Waals surface area contributed by atoms with Crippen molar-refractivity contribution in [1.82, 2.24) is 25.5 Å². The van der Waals surface area contributed by atoms with Gasteiger partial charge in [-0.15, -0.1) is 0 Å². The molecule has 0 radical (unpaired) electrons. The first-order valence-corrected chi connectivity index (χ1v) is 18.6. The largest absolute Gasteiger partial charge is 0.368 e. The fraction of sp³-hybridized carbons (Fsp3) is 0.389. The maximum atomic E-state index is 14.0. The van der Waals surface area contributed by atoms with E-state index in [0.717, 1.165) is 42.0 Å². The van der Waals surface area contributed by atoms with Crippen LogP contribution in [0.25, 0.3) is 10.9 Å². The number of fused-ring (bicyclic) bond motifs is 1. The zero-order valence-corrected chi connectivity index (χ0v) is 31.5. The van der Waals surface area contributed by atoms with Gasteiger partial charge in [-0.2, -0.15) is 0 Å². The van der Waals surface area contributed by atoms with Gasteiger partial charge in [0, 0.05) is 52.7 Å². The summed E-state index contributed by atoms with van der Waals surface area (Å²) in [5.41, 5.74) is 21.1. The van der Waals surface area contributed by atoms with E-state index in [2.05, 4.69) is 36.5 Å². The molecule has 2 aromatic carbocycles. The van der Waals surface area contributed by atoms with Crippen LogP contribution in [0.2, 0.25) is 5.02 Å². The lowest BCUT2D eigenvalue weighted by Crippen LogP contribution is -2.56. The van der Waals surface area contributed by atoms with Gasteiger partial charge in [-0.25, -0.2) is 4.98 Å². The van der Waals surface area contributed by atoms with Gasteiger partial charge >= 0.3 is 0 Å². The van der Waals surface area contributed by atoms with Crippen LogP contribution in [0.1, 0.15) is 48.8 Å². The van der Waals surface area contributed by atoms with Gasteiger partial charge in [0.25, 0.3) is 0 Å². The Kier molecular flexibility index (Phi) is 15.1. The van der Waals surface area contributed by atoms with Crippen LogP contribution in [0.4, 0.5) is 0 Å². The van der Waals surface area contributed by atoms with Crippen LogP contribution in [-0.4, -0.2) is 70.9 Å². The predicted molar refractivity (Wildman–Crippen MR) is 204 cm³/mol. The molecule has 4 rings (SSSR count). The number of aryl methyl sites for hydroxylation is 1. The molecule has 50 heavy (non-hydrogen) atoms. The summed E-state index contributed by atoms with van der Waals surface area (Å²) in [5, 5.41) is 8.69. The number of benzene rings is 2. The minimum Gasteiger partial charge on any atom is -0.368 e. The van der Waals surface area contributed by atoms with Crippen LogP contribution in [0.5, 0.6) is 0 Å². The number of halogens is 2. The highest BCUT2D eigenvalue weighted by atomic mass is 79.9. The van der Waals surface area contributed by atoms with E-state index >= 15 is 0 Å². The number of rotatable bonds is 19. The van der Waals surface area contributed by atoms with Crippen molar-refractivity contribution in [2.24, 2.45) is 17.2 Å². The third-order valence-corrected chi connectivity index (χ3v) is 10.8. The van der Waals surface area contributed by atoms with Crippen molar-refractivity contribution >= 4 is 67.9 Å². The zero-order chi connectivity index (χ0) is 36.2. The molecule has 4 aromatic rings. The van der Waals surface area contributed by atoms with Crippen molar-refractivity contribution in [2.75, 3.05) is 20.1 Å². The number of pyridine rings is 1. The van der Waals surface area contributed by atoms with Crippen molar-refractivity contribution in [2.45, 2.75) is 80.0 Å². The van der Waals surface area contributed by atoms with Gasteiger partial charge in [-0.05, 0) is 93.1 Å². The molecule has 0 bridgehead atoms. The van der Waals surface area contributed by atoms with E-state index in [1.165, 1.54) is 16.7 Å². The number of amides is 3. The van der Waals surface area contributed by atoms with E-state index in [9.17, 15) is 14.4 Å². The summed E-state index contributed by atoms with van der Waals surface area (Å²) in [6, 6.07) is 12.9. The third-order valence-electron chi connectivity index (χ3n) is 8.59. The number of para-hydroxylation sites is 1. The smallest absolute Gasteiger partial charge is 0.245 e. The van der Waals surface area contributed by atoms with E-state index < -0.39 is 29.9 Å². The molecule has 3 amide bonds. The fourth-order valence-corrected chi connectivity index (χ4v) is 7.85. The molecule has 9 N–H and O–H groups in total. The fourth-order valence-electron chi connectivity index (χ4n) is 5.81. The molecule has 2 heterocycles. The lowest BCUT2D eigenvalue weighted by Gasteiger charge is -2.31. The van der Waals surface area contributed by atoms with Crippen LogP contribution >= 0.6 is 39.3 Å². The van der Waals surface area contributed by atoms with E-state index in [-0.39, 0.29) is 12.3 Å². The molecule has 268 valence electrons. The Hall–Kier alpha value is -3.46. The summed E-state index contributed by atoms with van der Waals surface area (Å²) in [6.07, 6.45) is 6.45. The monoisotopic (exact) mass is 784 g/mol. The number of H-pyrrole nitrogens is 1. The Morgan fingerprint density at radius 3 is 2.48 bits per heavy atom. The minimum absolute atomic E-state index is 0.224. The number of nitrogens with one attached hydrogen (secondary N) is 3. The molecule has 0 saturated carbocycles. The second-order valence-electron chi connectivity index (χ2n) is 12.2. The lowest BCUT2D eigenvalue weighted by molar-refractivity contribution is -0.141. The highest BCUT2D eigenvalue weighted by Gasteiger charge is 2.33. The highest BCUT2D eigenvalue weighted by Crippen LogP contribution is 2.38. The number of carbonyl (C=O) groups excluding carboxylic acids is 3. The number of aromatic amines is 1. The Morgan fingerprint density at radius 2 is 1.76 bits per heavy atom. The molecular formula is C36H46BrClN8O3S. The van der Waals surface area contributed by atoms with Gasteiger partial charge in [0.05, 0.1) is 11.1 Å². The van der Waals surface area contributed by atoms with E-state index in [1.54, 1.807) is 13.2 Å². The van der Waals surface area contributed by atoms with Crippen LogP contribution in [0.15, 0.2) is 75.3 Å². The van der Waals surface area contributed by atoms with E-state index in [4.69, 9.17) is 28.8 Å². The molecule has 3 atom stereocenters. The SMILES string of the molecule is Cc1cc(Br)cc(Cl)c1Sc1ncccc1CN[C@@H](CCCN)C(=O)N[C@@H](CCCCN)C(=O)N(C)[C@@H](Cc1c[nH]c2ccccc12)C(N)=O. The van der Waals surface area contributed by atoms with Gasteiger partial charge in [0.15, 0.2) is 0 Å². The number of likely N-dealkylation sites (N-methyl/N-ethyl adjacent to an activating group) is 1. The van der Waals surface area contributed by atoms with Crippen LogP contribution in [-0.2, 0) is 27.3 Å². The number of hydrogen-bond acceptors (Lipinski definition) is 8. The first-order chi connectivity index (χ1) is 24.0. The Balaban J connectivity index is 1.51. The molecule has 14 heteroatoms. The summed E-state index contributed by atoms with van der Waals surface area (Å²) in [4.78, 5) is 50.7. The number of hydrogen-bond donors (Lipinski definition) is 6. The van der Waals surface area contributed by atoms with Crippen LogP contribution in [0, 0.1) is 6.92 Å². The molecule has 11 nitrogen and oxygen atoms in total. The van der Waals surface area contributed by atoms with Crippen LogP contribution < -0.4 is 27.8 Å². The Labute approximate surface area is 311 Å². The summed E-state index contributed by atoms with van der Waals surface area (Å²) in [7, 11) is 1.56. The Bertz CT molecular complexity index is 1750. The molecule has 0 aliphatic rings. The van der Waals surface area contributed by atoms with Crippen molar-refractivity contribution in [3.8, 4) is 0 Å². The normalized spacial score (nSPS) is 13.2. The number of carbonyl (C=O) groups is 3. The average molecular weight is 786 g/mol. The van der Waals surface area contributed by atoms with E-state index in [0.29, 0.717) is 56.8 Å². The van der Waals surface area contributed by atoms with Gasteiger partial charge in [-0.3, -0.25) is 14.4 Å². The molecule has 0 fully saturated rings. The number of nitrogens with two attached hydrogens (primary N) is 3. The average Bonchev–Trinajstić information content (AvgIpc) is 3.50. The molecule has 0 aliphatic heterocycles. The molecule has 0 spiro atoms.